The van der Waals surface area contributed by atoms with Crippen LogP contribution in [0.15, 0.2) is 0 Å². The maximum Gasteiger partial charge on any atom is 0.224 e. The van der Waals surface area contributed by atoms with Gasteiger partial charge in [0.05, 0.1) is 0 Å². The number of amides is 1. The summed E-state index contributed by atoms with van der Waals surface area (Å²) in [6.45, 7) is 0.963. The van der Waals surface area contributed by atoms with Gasteiger partial charge in [0.15, 0.2) is 0 Å². The van der Waals surface area contributed by atoms with Crippen LogP contribution >= 0.6 is 11.8 Å². The Labute approximate surface area is 95.0 Å². The predicted molar refractivity (Wildman–Crippen MR) is 62.0 cm³/mol. The molecule has 2 aliphatic heterocycles. The van der Waals surface area contributed by atoms with Crippen LogP contribution in [0, 0.1) is 0 Å². The van der Waals surface area contributed by atoms with Gasteiger partial charge < -0.3 is 10.2 Å². The van der Waals surface area contributed by atoms with Gasteiger partial charge in [-0.25, -0.2) is 0 Å². The fourth-order valence-corrected chi connectivity index (χ4v) is 3.75. The van der Waals surface area contributed by atoms with Gasteiger partial charge in [-0.15, -0.1) is 0 Å². The maximum atomic E-state index is 11.7. The van der Waals surface area contributed by atoms with E-state index in [4.69, 9.17) is 0 Å². The molecule has 0 aromatic heterocycles. The highest BCUT2D eigenvalue weighted by Crippen LogP contribution is 2.31. The molecule has 4 heteroatoms. The summed E-state index contributed by atoms with van der Waals surface area (Å²) in [5, 5.41) is 3.64. The number of carbonyl (C=O) groups excluding carboxylic acids is 1. The van der Waals surface area contributed by atoms with E-state index in [9.17, 15) is 4.79 Å². The predicted octanol–water partition coefficient (Wildman–Crippen LogP) is 0.845. The van der Waals surface area contributed by atoms with Gasteiger partial charge in [-0.3, -0.25) is 4.79 Å². The summed E-state index contributed by atoms with van der Waals surface area (Å²) < 4.78 is 0. The van der Waals surface area contributed by atoms with E-state index in [1.807, 2.05) is 11.8 Å². The number of nitrogens with zero attached hydrogens (tertiary/aromatic N) is 1. The smallest absolute Gasteiger partial charge is 0.224 e. The minimum absolute atomic E-state index is 0.376. The van der Waals surface area contributed by atoms with Crippen molar-refractivity contribution in [1.82, 2.24) is 10.2 Å². The standard InChI is InChI=1S/C11H18N2OS/c14-11-5-9(6-13(11)10-1-2-10)12-8-3-4-15-7-8/h8-10,12H,1-7H2. The molecule has 0 bridgehead atoms. The van der Waals surface area contributed by atoms with Gasteiger partial charge in [-0.05, 0) is 25.0 Å². The normalized spacial score (nSPS) is 36.5. The Morgan fingerprint density at radius 1 is 1.27 bits per heavy atom. The highest BCUT2D eigenvalue weighted by atomic mass is 32.2. The molecule has 1 N–H and O–H groups in total. The Balaban J connectivity index is 1.52. The minimum Gasteiger partial charge on any atom is -0.338 e. The van der Waals surface area contributed by atoms with E-state index in [2.05, 4.69) is 10.2 Å². The van der Waals surface area contributed by atoms with E-state index in [0.717, 1.165) is 13.0 Å². The molecular weight excluding hydrogens is 208 g/mol. The van der Waals surface area contributed by atoms with Crippen LogP contribution in [0.3, 0.4) is 0 Å². The maximum absolute atomic E-state index is 11.7. The third-order valence-corrected chi connectivity index (χ3v) is 4.71. The number of hydrogen-bond donors (Lipinski definition) is 1. The second kappa shape index (κ2) is 3.98. The third kappa shape index (κ3) is 2.16. The molecule has 2 atom stereocenters. The summed E-state index contributed by atoms with van der Waals surface area (Å²) in [6.07, 6.45) is 4.48. The molecule has 0 radical (unpaired) electrons. The highest BCUT2D eigenvalue weighted by Gasteiger charge is 2.39. The van der Waals surface area contributed by atoms with Crippen molar-refractivity contribution in [3.05, 3.63) is 0 Å². The molecule has 3 nitrogen and oxygen atoms in total. The third-order valence-electron chi connectivity index (χ3n) is 3.55. The van der Waals surface area contributed by atoms with E-state index in [1.165, 1.54) is 30.8 Å². The Kier molecular flexibility index (Phi) is 2.64. The Hall–Kier alpha value is -0.220. The van der Waals surface area contributed by atoms with Crippen molar-refractivity contribution in [2.75, 3.05) is 18.1 Å². The molecule has 15 heavy (non-hydrogen) atoms. The van der Waals surface area contributed by atoms with Gasteiger partial charge >= 0.3 is 0 Å². The lowest BCUT2D eigenvalue weighted by Crippen LogP contribution is -2.40. The van der Waals surface area contributed by atoms with Crippen molar-refractivity contribution in [2.24, 2.45) is 0 Å². The molecule has 84 valence electrons. The molecule has 1 saturated carbocycles. The first-order chi connectivity index (χ1) is 7.33. The number of rotatable bonds is 3. The first-order valence-corrected chi connectivity index (χ1v) is 7.11. The second-order valence-corrected chi connectivity index (χ2v) is 6.06. The van der Waals surface area contributed by atoms with Crippen molar-refractivity contribution in [2.45, 2.75) is 43.8 Å². The van der Waals surface area contributed by atoms with Gasteiger partial charge in [0.2, 0.25) is 5.91 Å². The summed E-state index contributed by atoms with van der Waals surface area (Å²) in [4.78, 5) is 13.8. The van der Waals surface area contributed by atoms with Gasteiger partial charge in [0, 0.05) is 36.8 Å². The molecule has 1 aliphatic carbocycles. The highest BCUT2D eigenvalue weighted by molar-refractivity contribution is 7.99. The average Bonchev–Trinajstić information content (AvgIpc) is 2.81. The summed E-state index contributed by atoms with van der Waals surface area (Å²) in [7, 11) is 0. The van der Waals surface area contributed by atoms with Crippen molar-refractivity contribution in [3.8, 4) is 0 Å². The topological polar surface area (TPSA) is 32.3 Å². The number of thioether (sulfide) groups is 1. The number of hydrogen-bond acceptors (Lipinski definition) is 3. The molecule has 2 unspecified atom stereocenters. The Morgan fingerprint density at radius 2 is 2.13 bits per heavy atom. The van der Waals surface area contributed by atoms with E-state index in [1.54, 1.807) is 0 Å². The summed E-state index contributed by atoms with van der Waals surface area (Å²) >= 11 is 2.02. The van der Waals surface area contributed by atoms with Crippen LogP contribution in [0.1, 0.15) is 25.7 Å². The molecule has 2 saturated heterocycles. The van der Waals surface area contributed by atoms with Crippen LogP contribution in [0.2, 0.25) is 0 Å². The Bertz CT molecular complexity index is 261. The number of likely N-dealkylation sites (tertiary alicyclic amines) is 1. The SMILES string of the molecule is O=C1CC(NC2CCSC2)CN1C1CC1. The van der Waals surface area contributed by atoms with Crippen molar-refractivity contribution in [3.63, 3.8) is 0 Å². The molecule has 3 aliphatic rings. The van der Waals surface area contributed by atoms with E-state index < -0.39 is 0 Å². The van der Waals surface area contributed by atoms with Crippen LogP contribution in [-0.2, 0) is 4.79 Å². The monoisotopic (exact) mass is 226 g/mol. The van der Waals surface area contributed by atoms with Crippen LogP contribution in [0.5, 0.6) is 0 Å². The van der Waals surface area contributed by atoms with Crippen LogP contribution in [-0.4, -0.2) is 47.0 Å². The van der Waals surface area contributed by atoms with Gasteiger partial charge in [-0.1, -0.05) is 0 Å². The minimum atomic E-state index is 0.376. The second-order valence-electron chi connectivity index (χ2n) is 4.91. The van der Waals surface area contributed by atoms with Crippen molar-refractivity contribution in [1.29, 1.82) is 0 Å². The molecule has 0 aromatic rings. The zero-order chi connectivity index (χ0) is 10.3. The fraction of sp³-hybridized carbons (Fsp3) is 0.909. The zero-order valence-electron chi connectivity index (χ0n) is 8.95. The van der Waals surface area contributed by atoms with Gasteiger partial charge in [0.1, 0.15) is 0 Å². The lowest BCUT2D eigenvalue weighted by Gasteiger charge is -2.19. The van der Waals surface area contributed by atoms with Crippen molar-refractivity contribution < 1.29 is 4.79 Å². The number of nitrogens with one attached hydrogen (secondary N) is 1. The average molecular weight is 226 g/mol. The van der Waals surface area contributed by atoms with Gasteiger partial charge in [0.25, 0.3) is 0 Å². The van der Waals surface area contributed by atoms with Gasteiger partial charge in [-0.2, -0.15) is 11.8 Å². The van der Waals surface area contributed by atoms with Crippen LogP contribution in [0.4, 0.5) is 0 Å². The summed E-state index contributed by atoms with van der Waals surface area (Å²) in [6, 6.07) is 1.69. The number of carbonyl (C=O) groups is 1. The lowest BCUT2D eigenvalue weighted by atomic mass is 10.2. The molecule has 0 aromatic carbocycles. The molecular formula is C11H18N2OS. The van der Waals surface area contributed by atoms with E-state index in [0.29, 0.717) is 24.0 Å². The van der Waals surface area contributed by atoms with Crippen molar-refractivity contribution >= 4 is 17.7 Å². The molecule has 3 rings (SSSR count). The first-order valence-electron chi connectivity index (χ1n) is 5.96. The molecule has 0 spiro atoms. The largest absolute Gasteiger partial charge is 0.338 e. The molecule has 2 heterocycles. The van der Waals surface area contributed by atoms with Crippen LogP contribution < -0.4 is 5.32 Å². The lowest BCUT2D eigenvalue weighted by molar-refractivity contribution is -0.128. The Morgan fingerprint density at radius 3 is 2.80 bits per heavy atom. The molecule has 3 fully saturated rings. The van der Waals surface area contributed by atoms with Crippen LogP contribution in [0.25, 0.3) is 0 Å². The zero-order valence-corrected chi connectivity index (χ0v) is 9.76. The summed E-state index contributed by atoms with van der Waals surface area (Å²) in [5.41, 5.74) is 0. The summed E-state index contributed by atoms with van der Waals surface area (Å²) in [5.74, 6) is 2.89. The van der Waals surface area contributed by atoms with E-state index in [-0.39, 0.29) is 0 Å². The first kappa shape index (κ1) is 9.97. The molecule has 1 amide bonds. The quantitative estimate of drug-likeness (QED) is 0.774. The van der Waals surface area contributed by atoms with E-state index >= 15 is 0 Å². The fourth-order valence-electron chi connectivity index (χ4n) is 2.58.